The van der Waals surface area contributed by atoms with E-state index in [9.17, 15) is 24.9 Å². The van der Waals surface area contributed by atoms with Crippen LogP contribution in [-0.4, -0.2) is 34.2 Å². The van der Waals surface area contributed by atoms with Crippen molar-refractivity contribution in [3.05, 3.63) is 72.9 Å². The maximum atomic E-state index is 11.6. The minimum atomic E-state index is -1.09. The van der Waals surface area contributed by atoms with Crippen LogP contribution in [-0.2, 0) is 9.59 Å². The largest absolute Gasteiger partial charge is 0.550 e. The van der Waals surface area contributed by atoms with Crippen molar-refractivity contribution < 1.29 is 24.9 Å². The van der Waals surface area contributed by atoms with Gasteiger partial charge >= 0.3 is 0 Å². The number of rotatable bonds is 14. The summed E-state index contributed by atoms with van der Waals surface area (Å²) in [6.07, 6.45) is 20.6. The second-order valence-electron chi connectivity index (χ2n) is 5.73. The van der Waals surface area contributed by atoms with Gasteiger partial charge in [-0.05, 0) is 38.2 Å². The summed E-state index contributed by atoms with van der Waals surface area (Å²) in [5, 5.41) is 29.5. The Labute approximate surface area is 161 Å². The van der Waals surface area contributed by atoms with Gasteiger partial charge in [0.25, 0.3) is 0 Å². The van der Waals surface area contributed by atoms with Crippen molar-refractivity contribution in [2.45, 2.75) is 51.2 Å². The van der Waals surface area contributed by atoms with Crippen molar-refractivity contribution in [3.63, 3.8) is 0 Å². The first kappa shape index (κ1) is 24.5. The molecule has 0 aliphatic carbocycles. The summed E-state index contributed by atoms with van der Waals surface area (Å²) in [5.74, 6) is -1.42. The number of ketones is 1. The number of hydrogen-bond acceptors (Lipinski definition) is 5. The molecule has 0 radical (unpaired) electrons. The minimum absolute atomic E-state index is 0.0214. The summed E-state index contributed by atoms with van der Waals surface area (Å²) >= 11 is 0. The summed E-state index contributed by atoms with van der Waals surface area (Å²) in [7, 11) is 0. The fourth-order valence-corrected chi connectivity index (χ4v) is 1.85. The molecule has 148 valence electrons. The molecule has 5 heteroatoms. The molecule has 0 saturated carbocycles. The molecule has 0 unspecified atom stereocenters. The Morgan fingerprint density at radius 2 is 1.52 bits per heavy atom. The summed E-state index contributed by atoms with van der Waals surface area (Å²) in [6.45, 7) is 1.99. The monoisotopic (exact) mass is 373 g/mol. The standard InChI is InChI=1S/C22H30O5/c1-2-3-9-16-20(24)21(25)17-12-7-5-4-6-10-14-19(23)15-11-8-13-18-22(26)27/h3-12,14,17,19-20,23-24H,2,13,15-16,18H2,1H3,(H,26,27)/p-1/b6-4-,7-5+,9-3-,11-8-,14-10+,17-12+/t19-,20+/m1/s1. The van der Waals surface area contributed by atoms with Crippen LogP contribution in [0.4, 0.5) is 0 Å². The van der Waals surface area contributed by atoms with Gasteiger partial charge in [0.1, 0.15) is 6.10 Å². The molecular weight excluding hydrogens is 344 g/mol. The van der Waals surface area contributed by atoms with E-state index in [1.54, 1.807) is 60.8 Å². The zero-order valence-electron chi connectivity index (χ0n) is 15.7. The Bertz CT molecular complexity index is 594. The number of aliphatic hydroxyl groups excluding tert-OH is 2. The lowest BCUT2D eigenvalue weighted by atomic mass is 10.1. The molecule has 0 spiro atoms. The molecule has 27 heavy (non-hydrogen) atoms. The lowest BCUT2D eigenvalue weighted by molar-refractivity contribution is -0.305. The summed E-state index contributed by atoms with van der Waals surface area (Å²) in [6, 6.07) is 0. The lowest BCUT2D eigenvalue weighted by Crippen LogP contribution is -2.21. The topological polar surface area (TPSA) is 97.7 Å². The molecule has 5 nitrogen and oxygen atoms in total. The minimum Gasteiger partial charge on any atom is -0.550 e. The molecular formula is C22H29O5-. The van der Waals surface area contributed by atoms with Gasteiger partial charge in [-0.3, -0.25) is 4.79 Å². The van der Waals surface area contributed by atoms with Crippen molar-refractivity contribution in [3.8, 4) is 0 Å². The number of allylic oxidation sites excluding steroid dienone is 8. The Kier molecular flexibility index (Phi) is 15.4. The highest BCUT2D eigenvalue weighted by Gasteiger charge is 2.08. The normalized spacial score (nSPS) is 15.2. The van der Waals surface area contributed by atoms with Crippen molar-refractivity contribution in [2.24, 2.45) is 0 Å². The maximum Gasteiger partial charge on any atom is 0.184 e. The predicted molar refractivity (Wildman–Crippen MR) is 106 cm³/mol. The first-order chi connectivity index (χ1) is 13.0. The van der Waals surface area contributed by atoms with E-state index in [2.05, 4.69) is 0 Å². The van der Waals surface area contributed by atoms with Crippen LogP contribution in [0.2, 0.25) is 0 Å². The smallest absolute Gasteiger partial charge is 0.184 e. The van der Waals surface area contributed by atoms with Gasteiger partial charge in [-0.1, -0.05) is 73.8 Å². The van der Waals surface area contributed by atoms with Crippen LogP contribution in [0.3, 0.4) is 0 Å². The van der Waals surface area contributed by atoms with Gasteiger partial charge in [0.2, 0.25) is 0 Å². The molecule has 0 aromatic carbocycles. The van der Waals surface area contributed by atoms with E-state index in [4.69, 9.17) is 0 Å². The quantitative estimate of drug-likeness (QED) is 0.277. The Balaban J connectivity index is 4.05. The van der Waals surface area contributed by atoms with Crippen molar-refractivity contribution in [1.82, 2.24) is 0 Å². The van der Waals surface area contributed by atoms with Gasteiger partial charge in [-0.25, -0.2) is 0 Å². The van der Waals surface area contributed by atoms with E-state index in [0.717, 1.165) is 6.42 Å². The van der Waals surface area contributed by atoms with Crippen molar-refractivity contribution in [1.29, 1.82) is 0 Å². The van der Waals surface area contributed by atoms with E-state index >= 15 is 0 Å². The summed E-state index contributed by atoms with van der Waals surface area (Å²) in [5.41, 5.74) is 0. The lowest BCUT2D eigenvalue weighted by Gasteiger charge is -2.01. The van der Waals surface area contributed by atoms with Crippen LogP contribution in [0.1, 0.15) is 39.0 Å². The van der Waals surface area contributed by atoms with Gasteiger partial charge < -0.3 is 20.1 Å². The molecule has 0 heterocycles. The molecule has 0 aromatic rings. The Hall–Kier alpha value is -2.50. The van der Waals surface area contributed by atoms with Crippen molar-refractivity contribution >= 4 is 11.8 Å². The zero-order valence-corrected chi connectivity index (χ0v) is 15.7. The third-order valence-electron chi connectivity index (χ3n) is 3.30. The van der Waals surface area contributed by atoms with Crippen molar-refractivity contribution in [2.75, 3.05) is 0 Å². The summed E-state index contributed by atoms with van der Waals surface area (Å²) < 4.78 is 0. The highest BCUT2D eigenvalue weighted by Crippen LogP contribution is 1.99. The number of carbonyl (C=O) groups is 2. The van der Waals surface area contributed by atoms with E-state index in [-0.39, 0.29) is 12.2 Å². The molecule has 2 atom stereocenters. The molecule has 2 N–H and O–H groups in total. The highest BCUT2D eigenvalue weighted by atomic mass is 16.4. The van der Waals surface area contributed by atoms with Crippen LogP contribution in [0.25, 0.3) is 0 Å². The number of carboxylic acid groups (broad SMARTS) is 1. The van der Waals surface area contributed by atoms with Gasteiger partial charge in [0, 0.05) is 5.97 Å². The van der Waals surface area contributed by atoms with E-state index in [0.29, 0.717) is 19.3 Å². The SMILES string of the molecule is CC/C=C\C[C@H](O)C(=O)/C=C/C=C/C=C\C=C\[C@@H](O)C/C=C\CCC(=O)[O-]. The molecule has 0 fully saturated rings. The van der Waals surface area contributed by atoms with E-state index in [1.165, 1.54) is 6.08 Å². The van der Waals surface area contributed by atoms with Crippen LogP contribution in [0.15, 0.2) is 72.9 Å². The third kappa shape index (κ3) is 16.7. The first-order valence-corrected chi connectivity index (χ1v) is 9.05. The molecule has 0 bridgehead atoms. The molecule has 0 aromatic heterocycles. The Morgan fingerprint density at radius 1 is 0.889 bits per heavy atom. The summed E-state index contributed by atoms with van der Waals surface area (Å²) in [4.78, 5) is 21.8. The van der Waals surface area contributed by atoms with E-state index < -0.39 is 18.2 Å². The predicted octanol–water partition coefficient (Wildman–Crippen LogP) is 2.33. The fourth-order valence-electron chi connectivity index (χ4n) is 1.85. The second kappa shape index (κ2) is 16.9. The molecule has 0 aliphatic heterocycles. The third-order valence-corrected chi connectivity index (χ3v) is 3.30. The van der Waals surface area contributed by atoms with Crippen LogP contribution >= 0.6 is 0 Å². The van der Waals surface area contributed by atoms with Crippen LogP contribution in [0.5, 0.6) is 0 Å². The van der Waals surface area contributed by atoms with Gasteiger partial charge in [-0.15, -0.1) is 0 Å². The number of carbonyl (C=O) groups excluding carboxylic acids is 2. The molecule has 0 aliphatic rings. The molecule has 0 saturated heterocycles. The average Bonchev–Trinajstić information content (AvgIpc) is 2.63. The fraction of sp³-hybridized carbons (Fsp3) is 0.364. The Morgan fingerprint density at radius 3 is 2.19 bits per heavy atom. The van der Waals surface area contributed by atoms with E-state index in [1.807, 2.05) is 13.0 Å². The van der Waals surface area contributed by atoms with Gasteiger partial charge in [0.15, 0.2) is 5.78 Å². The highest BCUT2D eigenvalue weighted by molar-refractivity contribution is 5.93. The second-order valence-corrected chi connectivity index (χ2v) is 5.73. The van der Waals surface area contributed by atoms with Gasteiger partial charge in [0.05, 0.1) is 6.10 Å². The van der Waals surface area contributed by atoms with Gasteiger partial charge in [-0.2, -0.15) is 0 Å². The van der Waals surface area contributed by atoms with Crippen LogP contribution in [0, 0.1) is 0 Å². The number of carboxylic acids is 1. The number of hydrogen-bond donors (Lipinski definition) is 2. The molecule has 0 amide bonds. The van der Waals surface area contributed by atoms with Crippen LogP contribution < -0.4 is 5.11 Å². The molecule has 0 rings (SSSR count). The maximum absolute atomic E-state index is 11.6. The first-order valence-electron chi connectivity index (χ1n) is 9.05. The number of aliphatic hydroxyl groups is 2. The number of aliphatic carboxylic acids is 1. The zero-order chi connectivity index (χ0) is 20.3. The average molecular weight is 373 g/mol.